The Morgan fingerprint density at radius 2 is 1.00 bits per heavy atom. The van der Waals surface area contributed by atoms with Crippen LogP contribution in [0.15, 0.2) is 0 Å². The summed E-state index contributed by atoms with van der Waals surface area (Å²) in [6, 6.07) is 0. The highest BCUT2D eigenvalue weighted by Crippen LogP contribution is 2.19. The summed E-state index contributed by atoms with van der Waals surface area (Å²) in [6.45, 7) is 4.22. The summed E-state index contributed by atoms with van der Waals surface area (Å²) >= 11 is 0. The van der Waals surface area contributed by atoms with E-state index in [4.69, 9.17) is 18.9 Å². The summed E-state index contributed by atoms with van der Waals surface area (Å²) in [7, 11) is 6.09. The molecule has 0 radical (unpaired) electrons. The highest BCUT2D eigenvalue weighted by atomic mass is 28.3. The summed E-state index contributed by atoms with van der Waals surface area (Å²) in [5.74, 6) is 0. The molecule has 104 valence electrons. The second-order valence-corrected chi connectivity index (χ2v) is 10.2. The van der Waals surface area contributed by atoms with Gasteiger partial charge >= 0.3 is 0 Å². The first kappa shape index (κ1) is 17.3. The maximum Gasteiger partial charge on any atom is 0.143 e. The average Bonchev–Trinajstić information content (AvgIpc) is 2.41. The molecule has 0 saturated heterocycles. The van der Waals surface area contributed by atoms with Crippen LogP contribution in [-0.4, -0.2) is 58.3 Å². The standard InChI is InChI=1S/C11H28O4Si2/c1-7-10(12-3,13-4)16-9-17-11(8-2,14-5)15-6/h7-9,16-17H2,1-6H3. The molecule has 0 aromatic heterocycles. The lowest BCUT2D eigenvalue weighted by Gasteiger charge is -2.33. The zero-order valence-corrected chi connectivity index (χ0v) is 15.0. The summed E-state index contributed by atoms with van der Waals surface area (Å²) < 4.78 is 22.1. The topological polar surface area (TPSA) is 36.9 Å². The van der Waals surface area contributed by atoms with E-state index in [9.17, 15) is 0 Å². The van der Waals surface area contributed by atoms with Gasteiger partial charge < -0.3 is 18.9 Å². The molecule has 6 heteroatoms. The molecule has 0 bridgehead atoms. The molecular formula is C11H28O4Si2. The first-order valence-corrected chi connectivity index (χ1v) is 9.69. The summed E-state index contributed by atoms with van der Waals surface area (Å²) in [4.78, 5) is 0. The van der Waals surface area contributed by atoms with Gasteiger partial charge in [-0.1, -0.05) is 19.5 Å². The Hall–Kier alpha value is 0.274. The van der Waals surface area contributed by atoms with Crippen molar-refractivity contribution in [3.8, 4) is 0 Å². The molecule has 17 heavy (non-hydrogen) atoms. The Labute approximate surface area is 110 Å². The van der Waals surface area contributed by atoms with Gasteiger partial charge in [-0.05, 0) is 12.8 Å². The molecule has 0 aromatic rings. The van der Waals surface area contributed by atoms with Crippen molar-refractivity contribution in [2.45, 2.75) is 43.2 Å². The number of methoxy groups -OCH3 is 4. The van der Waals surface area contributed by atoms with Crippen LogP contribution in [0.5, 0.6) is 0 Å². The molecule has 0 fully saturated rings. The Balaban J connectivity index is 4.28. The zero-order chi connectivity index (χ0) is 13.4. The van der Waals surface area contributed by atoms with E-state index in [1.54, 1.807) is 28.4 Å². The van der Waals surface area contributed by atoms with Crippen LogP contribution in [0.4, 0.5) is 0 Å². The van der Waals surface area contributed by atoms with Crippen molar-refractivity contribution in [1.82, 2.24) is 0 Å². The van der Waals surface area contributed by atoms with Crippen LogP contribution in [0.1, 0.15) is 26.7 Å². The lowest BCUT2D eigenvalue weighted by Crippen LogP contribution is -2.45. The van der Waals surface area contributed by atoms with Crippen molar-refractivity contribution in [3.63, 3.8) is 0 Å². The van der Waals surface area contributed by atoms with Crippen molar-refractivity contribution in [2.75, 3.05) is 28.4 Å². The fourth-order valence-corrected chi connectivity index (χ4v) is 8.67. The maximum absolute atomic E-state index is 5.53. The lowest BCUT2D eigenvalue weighted by molar-refractivity contribution is -0.148. The Morgan fingerprint density at radius 3 is 1.18 bits per heavy atom. The molecule has 0 aliphatic heterocycles. The molecular weight excluding hydrogens is 252 g/mol. The number of hydrogen-bond acceptors (Lipinski definition) is 4. The monoisotopic (exact) mass is 280 g/mol. The minimum Gasteiger partial charge on any atom is -0.358 e. The highest BCUT2D eigenvalue weighted by molar-refractivity contribution is 6.58. The molecule has 0 heterocycles. The molecule has 0 saturated carbocycles. The van der Waals surface area contributed by atoms with E-state index in [2.05, 4.69) is 13.8 Å². The smallest absolute Gasteiger partial charge is 0.143 e. The number of rotatable bonds is 10. The van der Waals surface area contributed by atoms with Gasteiger partial charge in [-0.25, -0.2) is 0 Å². The van der Waals surface area contributed by atoms with Crippen LogP contribution in [0.2, 0.25) is 5.67 Å². The Bertz CT molecular complexity index is 157. The molecule has 0 amide bonds. The predicted octanol–water partition coefficient (Wildman–Crippen LogP) is 0.413. The zero-order valence-electron chi connectivity index (χ0n) is 12.2. The fourth-order valence-electron chi connectivity index (χ4n) is 2.13. The van der Waals surface area contributed by atoms with Crippen LogP contribution < -0.4 is 0 Å². The molecule has 0 N–H and O–H groups in total. The van der Waals surface area contributed by atoms with Gasteiger partial charge in [0.25, 0.3) is 0 Å². The summed E-state index contributed by atoms with van der Waals surface area (Å²) in [6.07, 6.45) is 1.83. The average molecular weight is 281 g/mol. The van der Waals surface area contributed by atoms with Gasteiger partial charge in [-0.2, -0.15) is 0 Å². The normalized spacial score (nSPS) is 14.5. The molecule has 0 rings (SSSR count). The van der Waals surface area contributed by atoms with Crippen molar-refractivity contribution in [2.24, 2.45) is 0 Å². The minimum atomic E-state index is -0.432. The van der Waals surface area contributed by atoms with Gasteiger partial charge in [0.15, 0.2) is 0 Å². The molecule has 0 spiro atoms. The van der Waals surface area contributed by atoms with Gasteiger partial charge in [0.2, 0.25) is 0 Å². The third kappa shape index (κ3) is 4.80. The van der Waals surface area contributed by atoms with Crippen LogP contribution >= 0.6 is 0 Å². The van der Waals surface area contributed by atoms with Crippen molar-refractivity contribution in [1.29, 1.82) is 0 Å². The third-order valence-corrected chi connectivity index (χ3v) is 10.2. The van der Waals surface area contributed by atoms with E-state index in [0.29, 0.717) is 0 Å². The summed E-state index contributed by atoms with van der Waals surface area (Å²) in [5.41, 5.74) is 0.618. The summed E-state index contributed by atoms with van der Waals surface area (Å²) in [5, 5.41) is 0. The van der Waals surface area contributed by atoms with Gasteiger partial charge in [0, 0.05) is 28.4 Å². The molecule has 0 aliphatic rings. The quantitative estimate of drug-likeness (QED) is 0.429. The van der Waals surface area contributed by atoms with E-state index in [1.165, 1.54) is 5.67 Å². The fraction of sp³-hybridized carbons (Fsp3) is 1.00. The molecule has 0 atom stereocenters. The van der Waals surface area contributed by atoms with Gasteiger partial charge in [0.1, 0.15) is 10.8 Å². The minimum absolute atomic E-state index is 0.298. The van der Waals surface area contributed by atoms with Crippen LogP contribution in [0, 0.1) is 0 Å². The van der Waals surface area contributed by atoms with Crippen LogP contribution in [0.25, 0.3) is 0 Å². The Morgan fingerprint density at radius 1 is 0.706 bits per heavy atom. The van der Waals surface area contributed by atoms with E-state index in [1.807, 2.05) is 0 Å². The van der Waals surface area contributed by atoms with Crippen LogP contribution in [0.3, 0.4) is 0 Å². The third-order valence-electron chi connectivity index (χ3n) is 3.68. The Kier molecular flexibility index (Phi) is 8.52. The molecule has 0 unspecified atom stereocenters. The maximum atomic E-state index is 5.53. The van der Waals surface area contributed by atoms with Gasteiger partial charge in [-0.15, -0.1) is 0 Å². The van der Waals surface area contributed by atoms with Gasteiger partial charge in [0.05, 0.1) is 19.0 Å². The highest BCUT2D eigenvalue weighted by Gasteiger charge is 2.31. The second kappa shape index (κ2) is 8.39. The second-order valence-electron chi connectivity index (χ2n) is 4.20. The number of hydrogen-bond donors (Lipinski definition) is 0. The van der Waals surface area contributed by atoms with E-state index < -0.39 is 19.0 Å². The van der Waals surface area contributed by atoms with Crippen molar-refractivity contribution < 1.29 is 18.9 Å². The van der Waals surface area contributed by atoms with Crippen LogP contribution in [-0.2, 0) is 18.9 Å². The first-order valence-electron chi connectivity index (χ1n) is 6.28. The van der Waals surface area contributed by atoms with Crippen molar-refractivity contribution in [3.05, 3.63) is 0 Å². The lowest BCUT2D eigenvalue weighted by atomic mass is 10.5. The van der Waals surface area contributed by atoms with Crippen molar-refractivity contribution >= 4 is 19.0 Å². The molecule has 0 aromatic carbocycles. The van der Waals surface area contributed by atoms with Gasteiger partial charge in [-0.3, -0.25) is 0 Å². The van der Waals surface area contributed by atoms with E-state index >= 15 is 0 Å². The number of ether oxygens (including phenoxy) is 4. The molecule has 4 nitrogen and oxygen atoms in total. The predicted molar refractivity (Wildman–Crippen MR) is 76.0 cm³/mol. The largest absolute Gasteiger partial charge is 0.358 e. The molecule has 0 aliphatic carbocycles. The van der Waals surface area contributed by atoms with E-state index in [0.717, 1.165) is 12.8 Å². The first-order chi connectivity index (χ1) is 8.07. The SMILES string of the molecule is CCC(OC)(OC)[SiH2]C[SiH2]C(CC)(OC)OC. The van der Waals surface area contributed by atoms with E-state index in [-0.39, 0.29) is 10.8 Å².